The van der Waals surface area contributed by atoms with Crippen LogP contribution in [0.15, 0.2) is 77.7 Å². The molecule has 0 saturated carbocycles. The van der Waals surface area contributed by atoms with E-state index in [1.807, 2.05) is 0 Å². The maximum atomic E-state index is 8.49. The average molecular weight is 425 g/mol. The van der Waals surface area contributed by atoms with Gasteiger partial charge in [0.2, 0.25) is 0 Å². The molecule has 0 aliphatic heterocycles. The lowest BCUT2D eigenvalue weighted by atomic mass is 9.92. The quantitative estimate of drug-likeness (QED) is 0.450. The predicted octanol–water partition coefficient (Wildman–Crippen LogP) is 0.489. The SMILES string of the molecule is CSc1ccc(-c2ccccc2)c(-c2ccccc2C)c1.[O-][Cl+3]([O-])([O-])[O-].[SH3+]. The van der Waals surface area contributed by atoms with Gasteiger partial charge in [0.1, 0.15) is 0 Å². The molecule has 0 N–H and O–H groups in total. The molecule has 0 heterocycles. The summed E-state index contributed by atoms with van der Waals surface area (Å²) in [4.78, 5) is 1.30. The van der Waals surface area contributed by atoms with E-state index in [2.05, 4.69) is 86.0 Å². The monoisotopic (exact) mass is 424 g/mol. The van der Waals surface area contributed by atoms with Gasteiger partial charge in [0.25, 0.3) is 0 Å². The number of rotatable bonds is 3. The van der Waals surface area contributed by atoms with Crippen LogP contribution in [-0.4, -0.2) is 6.26 Å². The highest BCUT2D eigenvalue weighted by atomic mass is 35.7. The van der Waals surface area contributed by atoms with Crippen molar-refractivity contribution in [3.63, 3.8) is 0 Å². The minimum absolute atomic E-state index is 0. The molecule has 4 nitrogen and oxygen atoms in total. The smallest absolute Gasteiger partial charge is 0.00757 e. The van der Waals surface area contributed by atoms with Gasteiger partial charge >= 0.3 is 0 Å². The Bertz CT molecular complexity index is 846. The number of thioether (sulfide) groups is 1. The zero-order valence-corrected chi connectivity index (χ0v) is 17.7. The maximum absolute atomic E-state index is 8.49. The van der Waals surface area contributed by atoms with E-state index in [0.717, 1.165) is 0 Å². The van der Waals surface area contributed by atoms with Crippen LogP contribution in [0.25, 0.3) is 22.3 Å². The number of aryl methyl sites for hydroxylation is 1. The molecule has 144 valence electrons. The van der Waals surface area contributed by atoms with Crippen molar-refractivity contribution in [2.24, 2.45) is 0 Å². The molecule has 3 aromatic rings. The summed E-state index contributed by atoms with van der Waals surface area (Å²) in [6, 6.07) is 25.9. The van der Waals surface area contributed by atoms with Crippen LogP contribution in [-0.2, 0) is 13.5 Å². The van der Waals surface area contributed by atoms with Gasteiger partial charge in [-0.15, -0.1) is 22.0 Å². The molecule has 0 aliphatic rings. The van der Waals surface area contributed by atoms with Gasteiger partial charge in [-0.05, 0) is 53.1 Å². The van der Waals surface area contributed by atoms with E-state index in [4.69, 9.17) is 18.6 Å². The molecular weight excluding hydrogens is 404 g/mol. The standard InChI is InChI=1S/C20H18S.ClHO4.H2S/c1-15-8-6-7-11-18(15)20-14-17(21-2)12-13-19(20)16-9-4-3-5-10-16;2-1(3,4)5;/h3-14H,1-2H3;(H,2,3,4,5);1H2. The number of benzene rings is 3. The Morgan fingerprint density at radius 1 is 0.704 bits per heavy atom. The van der Waals surface area contributed by atoms with E-state index < -0.39 is 10.2 Å². The van der Waals surface area contributed by atoms with E-state index in [-0.39, 0.29) is 13.5 Å². The summed E-state index contributed by atoms with van der Waals surface area (Å²) < 4.78 is 34.0. The van der Waals surface area contributed by atoms with E-state index in [1.54, 1.807) is 11.8 Å². The predicted molar refractivity (Wildman–Crippen MR) is 105 cm³/mol. The van der Waals surface area contributed by atoms with Crippen LogP contribution in [0.5, 0.6) is 0 Å². The molecule has 3 aromatic carbocycles. The molecule has 7 heteroatoms. The Morgan fingerprint density at radius 2 is 1.26 bits per heavy atom. The lowest BCUT2D eigenvalue weighted by Gasteiger charge is -2.17. The third-order valence-corrected chi connectivity index (χ3v) is 4.47. The van der Waals surface area contributed by atoms with Crippen molar-refractivity contribution in [2.45, 2.75) is 11.8 Å². The first-order chi connectivity index (χ1) is 12.3. The van der Waals surface area contributed by atoms with E-state index in [1.165, 1.54) is 32.7 Å². The Hall–Kier alpha value is -1.51. The van der Waals surface area contributed by atoms with Crippen molar-refractivity contribution in [3.8, 4) is 22.3 Å². The second-order valence-electron chi connectivity index (χ2n) is 5.47. The van der Waals surface area contributed by atoms with Crippen LogP contribution in [0.4, 0.5) is 0 Å². The summed E-state index contributed by atoms with van der Waals surface area (Å²) in [6.07, 6.45) is 2.12. The molecule has 0 bridgehead atoms. The summed E-state index contributed by atoms with van der Waals surface area (Å²) in [5.41, 5.74) is 6.50. The number of halogens is 1. The zero-order valence-electron chi connectivity index (χ0n) is 14.9. The molecule has 0 amide bonds. The van der Waals surface area contributed by atoms with Gasteiger partial charge in [0.05, 0.1) is 0 Å². The summed E-state index contributed by atoms with van der Waals surface area (Å²) >= 11 is 1.79. The van der Waals surface area contributed by atoms with Gasteiger partial charge in [-0.25, -0.2) is 18.6 Å². The lowest BCUT2D eigenvalue weighted by Crippen LogP contribution is -2.68. The average Bonchev–Trinajstić information content (AvgIpc) is 2.61. The number of hydrogen-bond donors (Lipinski definition) is 0. The third-order valence-electron chi connectivity index (χ3n) is 3.75. The minimum Gasteiger partial charge on any atom is -0.222 e. The molecule has 0 fully saturated rings. The summed E-state index contributed by atoms with van der Waals surface area (Å²) in [5.74, 6) is 0. The molecule has 0 spiro atoms. The molecule has 0 radical (unpaired) electrons. The molecule has 0 atom stereocenters. The summed E-state index contributed by atoms with van der Waals surface area (Å²) in [7, 11) is -4.94. The Balaban J connectivity index is 0.000000542. The van der Waals surface area contributed by atoms with Crippen LogP contribution in [0, 0.1) is 17.2 Å². The third kappa shape index (κ3) is 7.56. The maximum Gasteiger partial charge on any atom is 0.00757 e. The van der Waals surface area contributed by atoms with Gasteiger partial charge in [-0.2, -0.15) is 0 Å². The minimum atomic E-state index is -4.94. The van der Waals surface area contributed by atoms with Gasteiger partial charge in [0, 0.05) is 4.90 Å². The van der Waals surface area contributed by atoms with Crippen LogP contribution in [0.3, 0.4) is 0 Å². The molecule has 0 unspecified atom stereocenters. The van der Waals surface area contributed by atoms with Crippen molar-refractivity contribution in [2.75, 3.05) is 6.26 Å². The Labute approximate surface area is 172 Å². The van der Waals surface area contributed by atoms with Crippen molar-refractivity contribution in [1.82, 2.24) is 0 Å². The summed E-state index contributed by atoms with van der Waals surface area (Å²) in [6.45, 7) is 2.18. The second kappa shape index (κ2) is 10.7. The fourth-order valence-corrected chi connectivity index (χ4v) is 3.06. The van der Waals surface area contributed by atoms with Crippen LogP contribution in [0.1, 0.15) is 5.56 Å². The molecule has 0 aliphatic carbocycles. The first kappa shape index (κ1) is 23.5. The normalized spacial score (nSPS) is 10.4. The highest BCUT2D eigenvalue weighted by Crippen LogP contribution is 2.36. The van der Waals surface area contributed by atoms with Crippen molar-refractivity contribution < 1.29 is 28.9 Å². The second-order valence-corrected chi connectivity index (χ2v) is 7.11. The first-order valence-corrected chi connectivity index (χ1v) is 10.2. The highest BCUT2D eigenvalue weighted by molar-refractivity contribution is 7.98. The largest absolute Gasteiger partial charge is 0.222 e. The summed E-state index contributed by atoms with van der Waals surface area (Å²) in [5, 5.41) is 0. The van der Waals surface area contributed by atoms with E-state index in [9.17, 15) is 0 Å². The molecule has 0 saturated heterocycles. The molecule has 27 heavy (non-hydrogen) atoms. The fourth-order valence-electron chi connectivity index (χ4n) is 2.62. The van der Waals surface area contributed by atoms with E-state index >= 15 is 0 Å². The van der Waals surface area contributed by atoms with Crippen molar-refractivity contribution in [1.29, 1.82) is 0 Å². The van der Waals surface area contributed by atoms with Crippen LogP contribution in [0.2, 0.25) is 0 Å². The van der Waals surface area contributed by atoms with Gasteiger partial charge < -0.3 is 0 Å². The molecular formula is C20H21ClO4S2. The Kier molecular flexibility index (Phi) is 9.35. The van der Waals surface area contributed by atoms with Gasteiger partial charge in [0.15, 0.2) is 0 Å². The van der Waals surface area contributed by atoms with Gasteiger partial charge in [-0.3, -0.25) is 0 Å². The van der Waals surface area contributed by atoms with Crippen LogP contribution < -0.4 is 18.6 Å². The lowest BCUT2D eigenvalue weighted by molar-refractivity contribution is -2.00. The highest BCUT2D eigenvalue weighted by Gasteiger charge is 2.10. The van der Waals surface area contributed by atoms with E-state index in [0.29, 0.717) is 0 Å². The topological polar surface area (TPSA) is 92.2 Å². The fraction of sp³-hybridized carbons (Fsp3) is 0.100. The molecule has 0 aromatic heterocycles. The Morgan fingerprint density at radius 3 is 1.81 bits per heavy atom. The zero-order chi connectivity index (χ0) is 19.2. The van der Waals surface area contributed by atoms with Crippen molar-refractivity contribution >= 4 is 25.3 Å². The number of hydrogen-bond acceptors (Lipinski definition) is 5. The first-order valence-electron chi connectivity index (χ1n) is 7.71. The van der Waals surface area contributed by atoms with Gasteiger partial charge in [-0.1, -0.05) is 74.2 Å². The van der Waals surface area contributed by atoms with Crippen molar-refractivity contribution in [3.05, 3.63) is 78.4 Å². The van der Waals surface area contributed by atoms with Crippen LogP contribution >= 0.6 is 11.8 Å². The molecule has 3 rings (SSSR count).